The normalized spacial score (nSPS) is 10.2. The van der Waals surface area contributed by atoms with Gasteiger partial charge in [0, 0.05) is 12.0 Å². The van der Waals surface area contributed by atoms with Gasteiger partial charge in [-0.1, -0.05) is 42.5 Å². The summed E-state index contributed by atoms with van der Waals surface area (Å²) < 4.78 is 0. The molecule has 20 heavy (non-hydrogen) atoms. The van der Waals surface area contributed by atoms with Crippen molar-refractivity contribution in [1.29, 1.82) is 0 Å². The van der Waals surface area contributed by atoms with Crippen LogP contribution in [0.3, 0.4) is 0 Å². The van der Waals surface area contributed by atoms with Gasteiger partial charge in [-0.2, -0.15) is 0 Å². The average Bonchev–Trinajstić information content (AvgIpc) is 2.45. The van der Waals surface area contributed by atoms with Crippen molar-refractivity contribution in [3.05, 3.63) is 70.8 Å². The molecule has 2 rings (SSSR count). The summed E-state index contributed by atoms with van der Waals surface area (Å²) in [7, 11) is 0. The molecular formula is C17H16O3. The zero-order valence-corrected chi connectivity index (χ0v) is 11.3. The number of aromatic carboxylic acids is 1. The quantitative estimate of drug-likeness (QED) is 0.844. The summed E-state index contributed by atoms with van der Waals surface area (Å²) in [6, 6.07) is 14.4. The Kier molecular flexibility index (Phi) is 4.31. The third kappa shape index (κ3) is 3.32. The largest absolute Gasteiger partial charge is 0.478 e. The fourth-order valence-corrected chi connectivity index (χ4v) is 2.15. The van der Waals surface area contributed by atoms with Crippen molar-refractivity contribution in [1.82, 2.24) is 0 Å². The number of ketones is 1. The molecule has 0 aliphatic heterocycles. The number of carboxylic acid groups (broad SMARTS) is 1. The molecular weight excluding hydrogens is 252 g/mol. The number of benzene rings is 2. The molecule has 0 aromatic heterocycles. The Hall–Kier alpha value is -2.42. The van der Waals surface area contributed by atoms with Crippen molar-refractivity contribution in [2.45, 2.75) is 19.8 Å². The number of hydrogen-bond acceptors (Lipinski definition) is 2. The Morgan fingerprint density at radius 3 is 2.35 bits per heavy atom. The maximum Gasteiger partial charge on any atom is 0.335 e. The van der Waals surface area contributed by atoms with Gasteiger partial charge < -0.3 is 5.11 Å². The van der Waals surface area contributed by atoms with Crippen molar-refractivity contribution in [3.8, 4) is 0 Å². The van der Waals surface area contributed by atoms with Gasteiger partial charge in [-0.05, 0) is 30.5 Å². The number of Topliss-reactive ketones (excluding diaryl/α,β-unsaturated/α-hetero) is 1. The molecule has 2 aromatic rings. The van der Waals surface area contributed by atoms with E-state index in [1.165, 1.54) is 0 Å². The van der Waals surface area contributed by atoms with Gasteiger partial charge in [0.25, 0.3) is 0 Å². The average molecular weight is 268 g/mol. The first-order chi connectivity index (χ1) is 9.58. The first-order valence-electron chi connectivity index (χ1n) is 6.49. The molecule has 0 aliphatic rings. The smallest absolute Gasteiger partial charge is 0.335 e. The summed E-state index contributed by atoms with van der Waals surface area (Å²) in [4.78, 5) is 22.9. The van der Waals surface area contributed by atoms with Crippen LogP contribution in [-0.4, -0.2) is 16.9 Å². The summed E-state index contributed by atoms with van der Waals surface area (Å²) in [5, 5.41) is 8.97. The van der Waals surface area contributed by atoms with E-state index in [9.17, 15) is 9.59 Å². The highest BCUT2D eigenvalue weighted by molar-refractivity contribution is 5.96. The van der Waals surface area contributed by atoms with E-state index in [2.05, 4.69) is 0 Å². The topological polar surface area (TPSA) is 54.4 Å². The van der Waals surface area contributed by atoms with Crippen LogP contribution in [0.1, 0.15) is 38.3 Å². The Morgan fingerprint density at radius 1 is 1.05 bits per heavy atom. The zero-order valence-electron chi connectivity index (χ0n) is 11.3. The molecule has 0 saturated heterocycles. The van der Waals surface area contributed by atoms with Gasteiger partial charge in [-0.25, -0.2) is 4.79 Å². The van der Waals surface area contributed by atoms with E-state index in [1.807, 2.05) is 24.3 Å². The van der Waals surface area contributed by atoms with Crippen LogP contribution in [0, 0.1) is 6.92 Å². The minimum absolute atomic E-state index is 0.102. The van der Waals surface area contributed by atoms with Crippen molar-refractivity contribution in [2.24, 2.45) is 0 Å². The van der Waals surface area contributed by atoms with Gasteiger partial charge in [0.15, 0.2) is 5.78 Å². The van der Waals surface area contributed by atoms with Crippen LogP contribution in [0.5, 0.6) is 0 Å². The van der Waals surface area contributed by atoms with Crippen molar-refractivity contribution in [2.75, 3.05) is 0 Å². The van der Waals surface area contributed by atoms with Crippen LogP contribution in [0.25, 0.3) is 0 Å². The van der Waals surface area contributed by atoms with E-state index in [0.29, 0.717) is 24.0 Å². The van der Waals surface area contributed by atoms with E-state index >= 15 is 0 Å². The second-order valence-electron chi connectivity index (χ2n) is 4.74. The molecule has 0 heterocycles. The predicted octanol–water partition coefficient (Wildman–Crippen LogP) is 3.51. The van der Waals surface area contributed by atoms with E-state index in [4.69, 9.17) is 5.11 Å². The van der Waals surface area contributed by atoms with Gasteiger partial charge in [-0.15, -0.1) is 0 Å². The SMILES string of the molecule is Cc1cc(CCC(=O)c2ccccc2)ccc1C(=O)O. The molecule has 0 spiro atoms. The van der Waals surface area contributed by atoms with Crippen LogP contribution in [0.2, 0.25) is 0 Å². The van der Waals surface area contributed by atoms with E-state index in [0.717, 1.165) is 11.1 Å². The van der Waals surface area contributed by atoms with E-state index < -0.39 is 5.97 Å². The van der Waals surface area contributed by atoms with Crippen molar-refractivity contribution in [3.63, 3.8) is 0 Å². The molecule has 1 N–H and O–H groups in total. The number of carboxylic acids is 1. The summed E-state index contributed by atoms with van der Waals surface area (Å²) in [5.74, 6) is -0.819. The van der Waals surface area contributed by atoms with Gasteiger partial charge in [0.05, 0.1) is 5.56 Å². The predicted molar refractivity (Wildman–Crippen MR) is 77.2 cm³/mol. The van der Waals surface area contributed by atoms with Crippen LogP contribution in [-0.2, 0) is 6.42 Å². The molecule has 0 unspecified atom stereocenters. The number of hydrogen-bond donors (Lipinski definition) is 1. The minimum Gasteiger partial charge on any atom is -0.478 e. The number of carbonyl (C=O) groups is 2. The second kappa shape index (κ2) is 6.15. The van der Waals surface area contributed by atoms with Gasteiger partial charge >= 0.3 is 5.97 Å². The highest BCUT2D eigenvalue weighted by Gasteiger charge is 2.09. The second-order valence-corrected chi connectivity index (χ2v) is 4.74. The molecule has 3 heteroatoms. The third-order valence-corrected chi connectivity index (χ3v) is 3.26. The van der Waals surface area contributed by atoms with Crippen molar-refractivity contribution < 1.29 is 14.7 Å². The first-order valence-corrected chi connectivity index (χ1v) is 6.49. The monoisotopic (exact) mass is 268 g/mol. The lowest BCUT2D eigenvalue weighted by molar-refractivity contribution is 0.0695. The Morgan fingerprint density at radius 2 is 1.75 bits per heavy atom. The standard InChI is InChI=1S/C17H16O3/c1-12-11-13(7-9-15(12)17(19)20)8-10-16(18)14-5-3-2-4-6-14/h2-7,9,11H,8,10H2,1H3,(H,19,20). The molecule has 0 atom stereocenters. The highest BCUT2D eigenvalue weighted by Crippen LogP contribution is 2.14. The van der Waals surface area contributed by atoms with Gasteiger partial charge in [0.1, 0.15) is 0 Å². The molecule has 0 bridgehead atoms. The van der Waals surface area contributed by atoms with Crippen LogP contribution in [0.15, 0.2) is 48.5 Å². The van der Waals surface area contributed by atoms with Gasteiger partial charge in [0.2, 0.25) is 0 Å². The van der Waals surface area contributed by atoms with E-state index in [1.54, 1.807) is 31.2 Å². The number of aryl methyl sites for hydroxylation is 2. The lowest BCUT2D eigenvalue weighted by Crippen LogP contribution is -2.03. The highest BCUT2D eigenvalue weighted by atomic mass is 16.4. The molecule has 0 saturated carbocycles. The molecule has 102 valence electrons. The maximum atomic E-state index is 12.0. The summed E-state index contributed by atoms with van der Waals surface area (Å²) in [5.41, 5.74) is 2.73. The molecule has 0 radical (unpaired) electrons. The third-order valence-electron chi connectivity index (χ3n) is 3.26. The lowest BCUT2D eigenvalue weighted by atomic mass is 9.99. The molecule has 0 fully saturated rings. The Balaban J connectivity index is 2.03. The molecule has 0 aliphatic carbocycles. The van der Waals surface area contributed by atoms with Crippen LogP contribution < -0.4 is 0 Å². The Bertz CT molecular complexity index is 630. The number of rotatable bonds is 5. The zero-order chi connectivity index (χ0) is 14.5. The van der Waals surface area contributed by atoms with Crippen molar-refractivity contribution >= 4 is 11.8 Å². The van der Waals surface area contributed by atoms with Crippen LogP contribution >= 0.6 is 0 Å². The summed E-state index contributed by atoms with van der Waals surface area (Å²) >= 11 is 0. The fraction of sp³-hybridized carbons (Fsp3) is 0.176. The fourth-order valence-electron chi connectivity index (χ4n) is 2.15. The minimum atomic E-state index is -0.922. The first kappa shape index (κ1) is 14.0. The molecule has 0 amide bonds. The summed E-state index contributed by atoms with van der Waals surface area (Å²) in [6.45, 7) is 1.77. The van der Waals surface area contributed by atoms with Crippen LogP contribution in [0.4, 0.5) is 0 Å². The molecule has 3 nitrogen and oxygen atoms in total. The van der Waals surface area contributed by atoms with E-state index in [-0.39, 0.29) is 5.78 Å². The maximum absolute atomic E-state index is 12.0. The lowest BCUT2D eigenvalue weighted by Gasteiger charge is -2.05. The van der Waals surface area contributed by atoms with Gasteiger partial charge in [-0.3, -0.25) is 4.79 Å². The Labute approximate surface area is 117 Å². The molecule has 2 aromatic carbocycles. The summed E-state index contributed by atoms with van der Waals surface area (Å²) in [6.07, 6.45) is 1.05. The number of carbonyl (C=O) groups excluding carboxylic acids is 1.